The fourth-order valence-corrected chi connectivity index (χ4v) is 1.98. The lowest BCUT2D eigenvalue weighted by Crippen LogP contribution is -2.13. The second kappa shape index (κ2) is 6.20. The molecule has 0 heterocycles. The van der Waals surface area contributed by atoms with Gasteiger partial charge in [0.1, 0.15) is 11.6 Å². The lowest BCUT2D eigenvalue weighted by molar-refractivity contribution is 0.186. The van der Waals surface area contributed by atoms with Gasteiger partial charge in [-0.2, -0.15) is 0 Å². The molecule has 2 N–H and O–H groups in total. The van der Waals surface area contributed by atoms with Crippen LogP contribution in [0.1, 0.15) is 17.2 Å². The molecule has 1 unspecified atom stereocenters. The van der Waals surface area contributed by atoms with Crippen molar-refractivity contribution in [2.75, 3.05) is 11.9 Å². The van der Waals surface area contributed by atoms with Gasteiger partial charge in [-0.1, -0.05) is 17.7 Å². The number of halogens is 3. The van der Waals surface area contributed by atoms with E-state index in [-0.39, 0.29) is 12.1 Å². The molecule has 0 saturated carbocycles. The van der Waals surface area contributed by atoms with E-state index in [1.165, 1.54) is 0 Å². The van der Waals surface area contributed by atoms with Gasteiger partial charge < -0.3 is 10.4 Å². The fourth-order valence-electron chi connectivity index (χ4n) is 1.80. The minimum atomic E-state index is -1.15. The van der Waals surface area contributed by atoms with Gasteiger partial charge in [0.2, 0.25) is 0 Å². The topological polar surface area (TPSA) is 32.3 Å². The zero-order valence-corrected chi connectivity index (χ0v) is 11.6. The van der Waals surface area contributed by atoms with Crippen molar-refractivity contribution in [2.45, 2.75) is 13.0 Å². The predicted molar refractivity (Wildman–Crippen MR) is 76.0 cm³/mol. The molecule has 0 radical (unpaired) electrons. The maximum atomic E-state index is 13.5. The van der Waals surface area contributed by atoms with Crippen molar-refractivity contribution in [3.63, 3.8) is 0 Å². The van der Waals surface area contributed by atoms with Crippen LogP contribution in [0.4, 0.5) is 14.5 Å². The van der Waals surface area contributed by atoms with Crippen molar-refractivity contribution in [3.05, 3.63) is 64.2 Å². The van der Waals surface area contributed by atoms with E-state index in [0.717, 1.165) is 23.8 Å². The molecule has 1 atom stereocenters. The predicted octanol–water partition coefficient (Wildman–Crippen LogP) is 4.07. The average Bonchev–Trinajstić information content (AvgIpc) is 2.42. The van der Waals surface area contributed by atoms with Gasteiger partial charge in [0.15, 0.2) is 0 Å². The number of aliphatic hydroxyl groups is 1. The normalized spacial score (nSPS) is 12.2. The van der Waals surface area contributed by atoms with Gasteiger partial charge >= 0.3 is 0 Å². The van der Waals surface area contributed by atoms with Crippen LogP contribution < -0.4 is 5.32 Å². The van der Waals surface area contributed by atoms with Crippen molar-refractivity contribution in [3.8, 4) is 0 Å². The number of anilines is 1. The third-order valence-corrected chi connectivity index (χ3v) is 3.40. The number of rotatable bonds is 4. The highest BCUT2D eigenvalue weighted by atomic mass is 35.5. The van der Waals surface area contributed by atoms with Gasteiger partial charge in [0.25, 0.3) is 0 Å². The van der Waals surface area contributed by atoms with E-state index in [0.29, 0.717) is 10.7 Å². The molecule has 0 saturated heterocycles. The Bertz CT molecular complexity index is 619. The lowest BCUT2D eigenvalue weighted by atomic mass is 10.1. The fraction of sp³-hybridized carbons (Fsp3) is 0.200. The van der Waals surface area contributed by atoms with Crippen molar-refractivity contribution in [1.29, 1.82) is 0 Å². The zero-order valence-electron chi connectivity index (χ0n) is 10.8. The summed E-state index contributed by atoms with van der Waals surface area (Å²) in [6, 6.07) is 8.35. The third-order valence-electron chi connectivity index (χ3n) is 2.99. The molecule has 0 amide bonds. The molecule has 2 aromatic rings. The van der Waals surface area contributed by atoms with Gasteiger partial charge in [0.05, 0.1) is 6.10 Å². The summed E-state index contributed by atoms with van der Waals surface area (Å²) < 4.78 is 26.5. The first-order valence-corrected chi connectivity index (χ1v) is 6.48. The van der Waals surface area contributed by atoms with Crippen LogP contribution in [0.15, 0.2) is 36.4 Å². The number of benzene rings is 2. The molecule has 0 aliphatic heterocycles. The molecule has 5 heteroatoms. The molecule has 0 spiro atoms. The zero-order chi connectivity index (χ0) is 14.7. The summed E-state index contributed by atoms with van der Waals surface area (Å²) in [5.41, 5.74) is 1.57. The molecule has 0 aliphatic carbocycles. The van der Waals surface area contributed by atoms with Crippen molar-refractivity contribution >= 4 is 17.3 Å². The highest BCUT2D eigenvalue weighted by Crippen LogP contribution is 2.22. The number of nitrogens with one attached hydrogen (secondary N) is 1. The summed E-state index contributed by atoms with van der Waals surface area (Å²) in [5, 5.41) is 13.4. The van der Waals surface area contributed by atoms with Gasteiger partial charge in [-0.25, -0.2) is 8.78 Å². The van der Waals surface area contributed by atoms with Crippen LogP contribution in [0.2, 0.25) is 5.02 Å². The van der Waals surface area contributed by atoms with Crippen molar-refractivity contribution in [1.82, 2.24) is 0 Å². The highest BCUT2D eigenvalue weighted by Gasteiger charge is 2.13. The Morgan fingerprint density at radius 1 is 1.20 bits per heavy atom. The Morgan fingerprint density at radius 3 is 2.65 bits per heavy atom. The Labute approximate surface area is 121 Å². The van der Waals surface area contributed by atoms with Gasteiger partial charge in [0, 0.05) is 22.8 Å². The van der Waals surface area contributed by atoms with Crippen LogP contribution >= 0.6 is 11.6 Å². The number of aryl methyl sites for hydroxylation is 1. The second-order valence-corrected chi connectivity index (χ2v) is 4.93. The van der Waals surface area contributed by atoms with Crippen molar-refractivity contribution in [2.24, 2.45) is 0 Å². The molecule has 0 fully saturated rings. The van der Waals surface area contributed by atoms with E-state index in [1.54, 1.807) is 12.1 Å². The minimum absolute atomic E-state index is 0.0553. The SMILES string of the molecule is Cc1ccc(NCC(O)c2cc(F)ccc2F)cc1Cl. The molecule has 0 bridgehead atoms. The van der Waals surface area contributed by atoms with Crippen LogP contribution in [0.3, 0.4) is 0 Å². The summed E-state index contributed by atoms with van der Waals surface area (Å²) in [7, 11) is 0. The first kappa shape index (κ1) is 14.8. The molecular weight excluding hydrogens is 284 g/mol. The van der Waals surface area contributed by atoms with Crippen LogP contribution in [0.5, 0.6) is 0 Å². The second-order valence-electron chi connectivity index (χ2n) is 4.53. The largest absolute Gasteiger partial charge is 0.386 e. The monoisotopic (exact) mass is 297 g/mol. The molecule has 0 aliphatic rings. The molecule has 0 aromatic heterocycles. The molecule has 2 nitrogen and oxygen atoms in total. The maximum Gasteiger partial charge on any atom is 0.129 e. The van der Waals surface area contributed by atoms with Crippen LogP contribution in [-0.4, -0.2) is 11.7 Å². The van der Waals surface area contributed by atoms with Gasteiger partial charge in [-0.15, -0.1) is 0 Å². The number of hydrogen-bond donors (Lipinski definition) is 2. The molecule has 20 heavy (non-hydrogen) atoms. The molecule has 2 rings (SSSR count). The Kier molecular flexibility index (Phi) is 4.57. The Morgan fingerprint density at radius 2 is 1.95 bits per heavy atom. The van der Waals surface area contributed by atoms with E-state index in [2.05, 4.69) is 5.32 Å². The highest BCUT2D eigenvalue weighted by molar-refractivity contribution is 6.31. The summed E-state index contributed by atoms with van der Waals surface area (Å²) in [4.78, 5) is 0. The minimum Gasteiger partial charge on any atom is -0.386 e. The van der Waals surface area contributed by atoms with E-state index >= 15 is 0 Å². The Hall–Kier alpha value is -1.65. The van der Waals surface area contributed by atoms with Crippen LogP contribution in [0.25, 0.3) is 0 Å². The van der Waals surface area contributed by atoms with Crippen LogP contribution in [-0.2, 0) is 0 Å². The van der Waals surface area contributed by atoms with E-state index in [1.807, 2.05) is 13.0 Å². The van der Waals surface area contributed by atoms with E-state index in [4.69, 9.17) is 11.6 Å². The standard InChI is InChI=1S/C15H14ClF2NO/c1-9-2-4-11(7-13(9)16)19-8-15(20)12-6-10(17)3-5-14(12)18/h2-7,15,19-20H,8H2,1H3. The van der Waals surface area contributed by atoms with Crippen LogP contribution in [0, 0.1) is 18.6 Å². The first-order chi connectivity index (χ1) is 9.47. The lowest BCUT2D eigenvalue weighted by Gasteiger charge is -2.14. The van der Waals surface area contributed by atoms with Crippen molar-refractivity contribution < 1.29 is 13.9 Å². The summed E-state index contributed by atoms with van der Waals surface area (Å²) in [5.74, 6) is -1.22. The summed E-state index contributed by atoms with van der Waals surface area (Å²) >= 11 is 5.98. The van der Waals surface area contributed by atoms with Gasteiger partial charge in [-0.3, -0.25) is 0 Å². The molecular formula is C15H14ClF2NO. The quantitative estimate of drug-likeness (QED) is 0.891. The third kappa shape index (κ3) is 3.46. The maximum absolute atomic E-state index is 13.5. The smallest absolute Gasteiger partial charge is 0.129 e. The first-order valence-electron chi connectivity index (χ1n) is 6.10. The summed E-state index contributed by atoms with van der Waals surface area (Å²) in [6.07, 6.45) is -1.15. The number of hydrogen-bond acceptors (Lipinski definition) is 2. The van der Waals surface area contributed by atoms with Gasteiger partial charge in [-0.05, 0) is 42.8 Å². The molecule has 106 valence electrons. The number of aliphatic hydroxyl groups excluding tert-OH is 1. The summed E-state index contributed by atoms with van der Waals surface area (Å²) in [6.45, 7) is 1.93. The van der Waals surface area contributed by atoms with E-state index < -0.39 is 17.7 Å². The Balaban J connectivity index is 2.06. The average molecular weight is 298 g/mol. The molecule has 2 aromatic carbocycles. The van der Waals surface area contributed by atoms with E-state index in [9.17, 15) is 13.9 Å².